The van der Waals surface area contributed by atoms with Crippen LogP contribution in [0.25, 0.3) is 0 Å². The molecule has 35 heavy (non-hydrogen) atoms. The first-order valence-electron chi connectivity index (χ1n) is 11.4. The molecule has 2 aromatic carbocycles. The number of sulfonamides is 1. The van der Waals surface area contributed by atoms with E-state index in [1.807, 2.05) is 0 Å². The molecule has 10 nitrogen and oxygen atoms in total. The molecule has 2 heterocycles. The smallest absolute Gasteiger partial charge is 0.265 e. The van der Waals surface area contributed by atoms with Crippen molar-refractivity contribution < 1.29 is 27.5 Å². The molecule has 0 spiro atoms. The van der Waals surface area contributed by atoms with Gasteiger partial charge < -0.3 is 20.7 Å². The van der Waals surface area contributed by atoms with Crippen LogP contribution in [0, 0.1) is 12.8 Å². The van der Waals surface area contributed by atoms with Crippen molar-refractivity contribution in [2.24, 2.45) is 5.92 Å². The second kappa shape index (κ2) is 9.67. The van der Waals surface area contributed by atoms with Gasteiger partial charge in [-0.2, -0.15) is 4.31 Å². The summed E-state index contributed by atoms with van der Waals surface area (Å²) >= 11 is 0. The molecule has 2 aromatic rings. The number of hydrogen-bond acceptors (Lipinski definition) is 6. The number of rotatable bonds is 5. The Bertz CT molecular complexity index is 1280. The van der Waals surface area contributed by atoms with E-state index in [2.05, 4.69) is 16.0 Å². The van der Waals surface area contributed by atoms with Crippen molar-refractivity contribution in [3.05, 3.63) is 42.0 Å². The molecule has 2 atom stereocenters. The molecule has 3 amide bonds. The van der Waals surface area contributed by atoms with Crippen molar-refractivity contribution in [1.82, 2.24) is 4.31 Å². The zero-order chi connectivity index (χ0) is 25.3. The fourth-order valence-electron chi connectivity index (χ4n) is 4.22. The van der Waals surface area contributed by atoms with Crippen LogP contribution < -0.4 is 20.7 Å². The minimum Gasteiger partial charge on any atom is -0.479 e. The molecular weight excluding hydrogens is 472 g/mol. The number of carbonyl (C=O) groups excluding carboxylic acids is 3. The normalized spacial score (nSPS) is 20.3. The van der Waals surface area contributed by atoms with Crippen LogP contribution in [-0.4, -0.2) is 49.6 Å². The highest BCUT2D eigenvalue weighted by atomic mass is 32.2. The van der Waals surface area contributed by atoms with E-state index in [0.29, 0.717) is 47.8 Å². The number of piperidine rings is 1. The highest BCUT2D eigenvalue weighted by Gasteiger charge is 2.35. The molecule has 2 aliphatic heterocycles. The first kappa shape index (κ1) is 24.7. The summed E-state index contributed by atoms with van der Waals surface area (Å²) in [5.41, 5.74) is 2.09. The second-order valence-corrected chi connectivity index (χ2v) is 10.7. The third-order valence-corrected chi connectivity index (χ3v) is 8.06. The predicted octanol–water partition coefficient (Wildman–Crippen LogP) is 2.71. The quantitative estimate of drug-likeness (QED) is 0.578. The summed E-state index contributed by atoms with van der Waals surface area (Å²) in [5, 5.41) is 8.21. The minimum atomic E-state index is -3.89. The molecule has 0 radical (unpaired) electrons. The number of benzene rings is 2. The molecule has 4 rings (SSSR count). The molecule has 1 saturated heterocycles. The summed E-state index contributed by atoms with van der Waals surface area (Å²) in [5.74, 6) is -0.955. The van der Waals surface area contributed by atoms with Gasteiger partial charge in [0, 0.05) is 37.5 Å². The number of aryl methyl sites for hydroxylation is 1. The number of ether oxygens (including phenoxy) is 1. The fraction of sp³-hybridized carbons (Fsp3) is 0.375. The Balaban J connectivity index is 1.48. The molecule has 1 fully saturated rings. The predicted molar refractivity (Wildman–Crippen MR) is 131 cm³/mol. The molecule has 11 heteroatoms. The first-order valence-corrected chi connectivity index (χ1v) is 12.8. The monoisotopic (exact) mass is 500 g/mol. The number of carbonyl (C=O) groups is 3. The maximum Gasteiger partial charge on any atom is 0.265 e. The Hall–Kier alpha value is -3.44. The van der Waals surface area contributed by atoms with E-state index < -0.39 is 22.0 Å². The Kier molecular flexibility index (Phi) is 6.82. The van der Waals surface area contributed by atoms with Crippen LogP contribution in [0.15, 0.2) is 41.3 Å². The van der Waals surface area contributed by atoms with Crippen LogP contribution in [0.2, 0.25) is 0 Å². The Labute approximate surface area is 204 Å². The third-order valence-electron chi connectivity index (χ3n) is 6.05. The van der Waals surface area contributed by atoms with Crippen molar-refractivity contribution >= 4 is 44.8 Å². The summed E-state index contributed by atoms with van der Waals surface area (Å²) in [4.78, 5) is 36.0. The molecule has 0 bridgehead atoms. The lowest BCUT2D eigenvalue weighted by molar-refractivity contribution is -0.123. The van der Waals surface area contributed by atoms with Gasteiger partial charge in [0.25, 0.3) is 5.91 Å². The number of nitrogens with zero attached hydrogens (tertiary/aromatic N) is 1. The van der Waals surface area contributed by atoms with E-state index in [1.165, 1.54) is 17.3 Å². The molecule has 0 aromatic heterocycles. The number of nitrogens with one attached hydrogen (secondary N) is 3. The van der Waals surface area contributed by atoms with Gasteiger partial charge in [-0.3, -0.25) is 14.4 Å². The molecule has 0 saturated carbocycles. The fourth-order valence-corrected chi connectivity index (χ4v) is 5.96. The molecular formula is C24H28N4O6S. The maximum atomic E-state index is 13.5. The Morgan fingerprint density at radius 3 is 2.43 bits per heavy atom. The van der Waals surface area contributed by atoms with Crippen molar-refractivity contribution in [1.29, 1.82) is 0 Å². The Morgan fingerprint density at radius 2 is 1.77 bits per heavy atom. The second-order valence-electron chi connectivity index (χ2n) is 8.81. The van der Waals surface area contributed by atoms with Gasteiger partial charge in [0.05, 0.1) is 16.5 Å². The van der Waals surface area contributed by atoms with Crippen molar-refractivity contribution in [2.45, 2.75) is 44.6 Å². The summed E-state index contributed by atoms with van der Waals surface area (Å²) in [6, 6.07) is 9.74. The van der Waals surface area contributed by atoms with E-state index in [1.54, 1.807) is 44.2 Å². The van der Waals surface area contributed by atoms with Crippen LogP contribution in [0.1, 0.15) is 32.3 Å². The lowest BCUT2D eigenvalue weighted by atomic mass is 9.98. The highest BCUT2D eigenvalue weighted by molar-refractivity contribution is 7.89. The van der Waals surface area contributed by atoms with Gasteiger partial charge in [-0.15, -0.1) is 0 Å². The minimum absolute atomic E-state index is 0.0582. The van der Waals surface area contributed by atoms with E-state index in [-0.39, 0.29) is 29.2 Å². The number of anilines is 3. The van der Waals surface area contributed by atoms with Crippen LogP contribution in [0.3, 0.4) is 0 Å². The van der Waals surface area contributed by atoms with Gasteiger partial charge in [-0.1, -0.05) is 0 Å². The van der Waals surface area contributed by atoms with Crippen LogP contribution >= 0.6 is 0 Å². The molecule has 3 N–H and O–H groups in total. The first-order chi connectivity index (χ1) is 16.5. The van der Waals surface area contributed by atoms with Crippen LogP contribution in [0.4, 0.5) is 17.1 Å². The van der Waals surface area contributed by atoms with Crippen molar-refractivity contribution in [2.75, 3.05) is 29.0 Å². The van der Waals surface area contributed by atoms with Crippen molar-refractivity contribution in [3.8, 4) is 5.75 Å². The molecule has 0 unspecified atom stereocenters. The van der Waals surface area contributed by atoms with Gasteiger partial charge in [-0.05, 0) is 62.6 Å². The standard InChI is InChI=1S/C24H28N4O6S/c1-14-11-20-21(34-15(2)23(30)27-20)12-22(14)35(32,33)28-10-4-5-17(13-28)24(31)26-19-8-6-18(7-9-19)25-16(3)29/h6-9,11-12,15,17H,4-5,10,13H2,1-3H3,(H,25,29)(H,26,31)(H,27,30)/t15-,17-/m0/s1. The number of fused-ring (bicyclic) bond motifs is 1. The van der Waals surface area contributed by atoms with Gasteiger partial charge in [0.15, 0.2) is 6.10 Å². The zero-order valence-electron chi connectivity index (χ0n) is 19.8. The van der Waals surface area contributed by atoms with Gasteiger partial charge in [0.2, 0.25) is 21.8 Å². The largest absolute Gasteiger partial charge is 0.479 e. The average Bonchev–Trinajstić information content (AvgIpc) is 2.81. The van der Waals surface area contributed by atoms with Crippen molar-refractivity contribution in [3.63, 3.8) is 0 Å². The lowest BCUT2D eigenvalue weighted by Crippen LogP contribution is -2.44. The van der Waals surface area contributed by atoms with Crippen LogP contribution in [-0.2, 0) is 24.4 Å². The highest BCUT2D eigenvalue weighted by Crippen LogP contribution is 2.36. The van der Waals surface area contributed by atoms with E-state index in [4.69, 9.17) is 4.74 Å². The van der Waals surface area contributed by atoms with E-state index in [9.17, 15) is 22.8 Å². The maximum absolute atomic E-state index is 13.5. The summed E-state index contributed by atoms with van der Waals surface area (Å²) in [7, 11) is -3.89. The molecule has 2 aliphatic rings. The summed E-state index contributed by atoms with van der Waals surface area (Å²) < 4.78 is 33.9. The summed E-state index contributed by atoms with van der Waals surface area (Å²) in [6.45, 7) is 5.03. The third kappa shape index (κ3) is 5.30. The molecule has 0 aliphatic carbocycles. The number of hydrogen-bond donors (Lipinski definition) is 3. The summed E-state index contributed by atoms with van der Waals surface area (Å²) in [6.07, 6.45) is 0.389. The molecule has 186 valence electrons. The van der Waals surface area contributed by atoms with Crippen LogP contribution in [0.5, 0.6) is 5.75 Å². The van der Waals surface area contributed by atoms with E-state index >= 15 is 0 Å². The van der Waals surface area contributed by atoms with Gasteiger partial charge in [0.1, 0.15) is 5.75 Å². The Morgan fingerprint density at radius 1 is 1.11 bits per heavy atom. The lowest BCUT2D eigenvalue weighted by Gasteiger charge is -2.32. The topological polar surface area (TPSA) is 134 Å². The van der Waals surface area contributed by atoms with Gasteiger partial charge in [-0.25, -0.2) is 8.42 Å². The number of amides is 3. The average molecular weight is 501 g/mol. The zero-order valence-corrected chi connectivity index (χ0v) is 20.6. The van der Waals surface area contributed by atoms with E-state index in [0.717, 1.165) is 0 Å². The van der Waals surface area contributed by atoms with Gasteiger partial charge >= 0.3 is 0 Å². The SMILES string of the molecule is CC(=O)Nc1ccc(NC(=O)[C@H]2CCCN(S(=O)(=O)c3cc4c(cc3C)NC(=O)[C@H](C)O4)C2)cc1.